The van der Waals surface area contributed by atoms with Gasteiger partial charge in [-0.3, -0.25) is 9.59 Å². The van der Waals surface area contributed by atoms with E-state index < -0.39 is 18.2 Å². The van der Waals surface area contributed by atoms with E-state index in [1.807, 2.05) is 0 Å². The van der Waals surface area contributed by atoms with Gasteiger partial charge >= 0.3 is 5.97 Å². The number of unbranched alkanes of at least 4 members (excludes halogenated alkanes) is 26. The average molecular weight is 842 g/mol. The number of amides is 1. The van der Waals surface area contributed by atoms with Crippen molar-refractivity contribution in [1.82, 2.24) is 5.32 Å². The molecule has 0 aromatic heterocycles. The van der Waals surface area contributed by atoms with Gasteiger partial charge in [-0.2, -0.15) is 0 Å². The molecule has 0 aromatic carbocycles. The van der Waals surface area contributed by atoms with E-state index in [0.29, 0.717) is 19.3 Å². The molecule has 0 aliphatic carbocycles. The number of carbonyl (C=O) groups excluding carboxylic acids is 2. The maximum Gasteiger partial charge on any atom is 0.306 e. The van der Waals surface area contributed by atoms with Crippen LogP contribution >= 0.6 is 0 Å². The van der Waals surface area contributed by atoms with Gasteiger partial charge in [0.15, 0.2) is 0 Å². The van der Waals surface area contributed by atoms with Crippen LogP contribution in [0.25, 0.3) is 0 Å². The molecule has 3 N–H and O–H groups in total. The fraction of sp³-hybridized carbons (Fsp3) is 0.815. The van der Waals surface area contributed by atoms with Crippen molar-refractivity contribution in [2.45, 2.75) is 277 Å². The highest BCUT2D eigenvalue weighted by molar-refractivity contribution is 5.77. The van der Waals surface area contributed by atoms with Gasteiger partial charge in [0.1, 0.15) is 6.10 Å². The summed E-state index contributed by atoms with van der Waals surface area (Å²) in [6, 6.07) is -0.710. The van der Waals surface area contributed by atoms with Crippen LogP contribution in [-0.2, 0) is 14.3 Å². The zero-order valence-corrected chi connectivity index (χ0v) is 39.8. The Kier molecular flexibility index (Phi) is 46.1. The van der Waals surface area contributed by atoms with Crippen LogP contribution in [-0.4, -0.2) is 46.9 Å². The molecule has 0 saturated heterocycles. The molecule has 350 valence electrons. The van der Waals surface area contributed by atoms with Crippen molar-refractivity contribution in [2.24, 2.45) is 0 Å². The minimum absolute atomic E-state index is 0.0576. The summed E-state index contributed by atoms with van der Waals surface area (Å²) >= 11 is 0. The monoisotopic (exact) mass is 842 g/mol. The third-order valence-electron chi connectivity index (χ3n) is 11.6. The fourth-order valence-corrected chi connectivity index (χ4v) is 7.65. The van der Waals surface area contributed by atoms with Gasteiger partial charge < -0.3 is 20.3 Å². The first-order valence-electron chi connectivity index (χ1n) is 25.9. The van der Waals surface area contributed by atoms with Gasteiger partial charge in [-0.1, -0.05) is 211 Å². The molecule has 0 aliphatic rings. The summed E-state index contributed by atoms with van der Waals surface area (Å²) in [5, 5.41) is 23.7. The summed E-state index contributed by atoms with van der Waals surface area (Å²) in [4.78, 5) is 26.1. The maximum absolute atomic E-state index is 13.2. The number of carbonyl (C=O) groups is 2. The fourth-order valence-electron chi connectivity index (χ4n) is 7.65. The molecule has 0 rings (SSSR count). The standard InChI is InChI=1S/C54H99NO5/c1-4-7-10-13-16-19-21-23-25-26-28-30-32-35-38-41-44-47-54(59)60-50(45-42-39-36-33-18-15-12-9-6-3)48-53(58)55-51(49-56)52(57)46-43-40-37-34-31-29-27-24-22-20-17-14-11-8-5-2/h15-16,18-19,23,25,28,30,50-52,56-57H,4-14,17,20-22,24,26-27,29,31-49H2,1-3H3,(H,55,58)/b18-15-,19-16-,25-23-,30-28-. The lowest BCUT2D eigenvalue weighted by Crippen LogP contribution is -2.46. The number of nitrogens with one attached hydrogen (secondary N) is 1. The van der Waals surface area contributed by atoms with Crippen molar-refractivity contribution in [2.75, 3.05) is 6.61 Å². The van der Waals surface area contributed by atoms with Crippen molar-refractivity contribution in [3.05, 3.63) is 48.6 Å². The van der Waals surface area contributed by atoms with E-state index in [2.05, 4.69) is 74.7 Å². The van der Waals surface area contributed by atoms with Crippen molar-refractivity contribution in [3.8, 4) is 0 Å². The van der Waals surface area contributed by atoms with Gasteiger partial charge in [-0.05, 0) is 83.5 Å². The van der Waals surface area contributed by atoms with E-state index in [4.69, 9.17) is 4.74 Å². The van der Waals surface area contributed by atoms with Crippen LogP contribution in [0.2, 0.25) is 0 Å². The molecule has 3 atom stereocenters. The van der Waals surface area contributed by atoms with Crippen molar-refractivity contribution < 1.29 is 24.5 Å². The van der Waals surface area contributed by atoms with Crippen LogP contribution in [0.5, 0.6) is 0 Å². The van der Waals surface area contributed by atoms with E-state index in [1.165, 1.54) is 116 Å². The molecule has 0 saturated carbocycles. The number of rotatable bonds is 46. The number of aliphatic hydroxyl groups is 2. The number of hydrogen-bond donors (Lipinski definition) is 3. The van der Waals surface area contributed by atoms with Crippen LogP contribution in [0, 0.1) is 0 Å². The van der Waals surface area contributed by atoms with Crippen LogP contribution in [0.4, 0.5) is 0 Å². The molecular weight excluding hydrogens is 743 g/mol. The van der Waals surface area contributed by atoms with Gasteiger partial charge in [-0.25, -0.2) is 0 Å². The average Bonchev–Trinajstić information content (AvgIpc) is 3.24. The van der Waals surface area contributed by atoms with Gasteiger partial charge in [-0.15, -0.1) is 0 Å². The Morgan fingerprint density at radius 2 is 0.867 bits per heavy atom. The Bertz CT molecular complexity index is 1040. The second-order valence-corrected chi connectivity index (χ2v) is 17.6. The molecule has 0 spiro atoms. The van der Waals surface area contributed by atoms with Gasteiger partial charge in [0.05, 0.1) is 25.2 Å². The van der Waals surface area contributed by atoms with Crippen molar-refractivity contribution in [1.29, 1.82) is 0 Å². The molecule has 0 aromatic rings. The first-order chi connectivity index (χ1) is 29.5. The van der Waals surface area contributed by atoms with Crippen LogP contribution in [0.15, 0.2) is 48.6 Å². The summed E-state index contributed by atoms with van der Waals surface area (Å²) in [6.45, 7) is 6.41. The van der Waals surface area contributed by atoms with E-state index in [1.54, 1.807) is 0 Å². The van der Waals surface area contributed by atoms with Crippen LogP contribution in [0.3, 0.4) is 0 Å². The predicted octanol–water partition coefficient (Wildman–Crippen LogP) is 15.5. The topological polar surface area (TPSA) is 95.9 Å². The Hall–Kier alpha value is -2.18. The molecule has 60 heavy (non-hydrogen) atoms. The zero-order valence-electron chi connectivity index (χ0n) is 39.8. The van der Waals surface area contributed by atoms with E-state index in [-0.39, 0.29) is 24.9 Å². The summed E-state index contributed by atoms with van der Waals surface area (Å²) in [7, 11) is 0. The number of allylic oxidation sites excluding steroid dienone is 8. The largest absolute Gasteiger partial charge is 0.462 e. The highest BCUT2D eigenvalue weighted by atomic mass is 16.5. The molecule has 3 unspecified atom stereocenters. The highest BCUT2D eigenvalue weighted by Gasteiger charge is 2.24. The molecule has 6 nitrogen and oxygen atoms in total. The molecule has 6 heteroatoms. The minimum Gasteiger partial charge on any atom is -0.462 e. The molecule has 0 radical (unpaired) electrons. The first kappa shape index (κ1) is 57.8. The third-order valence-corrected chi connectivity index (χ3v) is 11.6. The number of hydrogen-bond acceptors (Lipinski definition) is 5. The molecule has 0 aliphatic heterocycles. The van der Waals surface area contributed by atoms with Gasteiger partial charge in [0.2, 0.25) is 5.91 Å². The van der Waals surface area contributed by atoms with Gasteiger partial charge in [0, 0.05) is 6.42 Å². The Labute approximate surface area is 372 Å². The Morgan fingerprint density at radius 1 is 0.483 bits per heavy atom. The first-order valence-corrected chi connectivity index (χ1v) is 25.9. The quantitative estimate of drug-likeness (QED) is 0.0322. The number of aliphatic hydroxyl groups excluding tert-OH is 2. The van der Waals surface area contributed by atoms with Gasteiger partial charge in [0.25, 0.3) is 0 Å². The Balaban J connectivity index is 4.49. The number of ether oxygens (including phenoxy) is 1. The van der Waals surface area contributed by atoms with Crippen molar-refractivity contribution in [3.63, 3.8) is 0 Å². The second-order valence-electron chi connectivity index (χ2n) is 17.6. The summed E-state index contributed by atoms with van der Waals surface area (Å²) < 4.78 is 5.90. The zero-order chi connectivity index (χ0) is 43.8. The Morgan fingerprint density at radius 3 is 1.40 bits per heavy atom. The molecule has 0 heterocycles. The molecule has 0 fully saturated rings. The van der Waals surface area contributed by atoms with Crippen LogP contribution < -0.4 is 5.32 Å². The van der Waals surface area contributed by atoms with Crippen LogP contribution in [0.1, 0.15) is 258 Å². The minimum atomic E-state index is -0.794. The smallest absolute Gasteiger partial charge is 0.306 e. The lowest BCUT2D eigenvalue weighted by molar-refractivity contribution is -0.151. The lowest BCUT2D eigenvalue weighted by Gasteiger charge is -2.24. The second kappa shape index (κ2) is 47.9. The highest BCUT2D eigenvalue weighted by Crippen LogP contribution is 2.17. The summed E-state index contributed by atoms with van der Waals surface area (Å²) in [5.41, 5.74) is 0. The predicted molar refractivity (Wildman–Crippen MR) is 259 cm³/mol. The normalized spacial score (nSPS) is 13.6. The molecule has 1 amide bonds. The number of esters is 1. The summed E-state index contributed by atoms with van der Waals surface area (Å²) in [6.07, 6.45) is 57.5. The lowest BCUT2D eigenvalue weighted by atomic mass is 10.0. The van der Waals surface area contributed by atoms with E-state index in [9.17, 15) is 19.8 Å². The summed E-state index contributed by atoms with van der Waals surface area (Å²) in [5.74, 6) is -0.513. The third kappa shape index (κ3) is 42.5. The van der Waals surface area contributed by atoms with Crippen molar-refractivity contribution >= 4 is 11.9 Å². The molecule has 0 bridgehead atoms. The molecular formula is C54H99NO5. The van der Waals surface area contributed by atoms with E-state index in [0.717, 1.165) is 96.3 Å². The SMILES string of the molecule is CCCC/C=C\CCCCCC(CC(=O)NC(CO)C(O)CCCCCCCCCCCCCCCCC)OC(=O)CCCCCC/C=C\C/C=C\C/C=C\CCCCC. The van der Waals surface area contributed by atoms with E-state index >= 15 is 0 Å². The maximum atomic E-state index is 13.2.